The Labute approximate surface area is 155 Å². The summed E-state index contributed by atoms with van der Waals surface area (Å²) in [5.74, 6) is 0. The number of amides is 1. The van der Waals surface area contributed by atoms with E-state index in [0.29, 0.717) is 12.8 Å². The molecule has 1 aromatic rings. The van der Waals surface area contributed by atoms with Crippen molar-refractivity contribution < 1.29 is 22.1 Å². The molecule has 2 unspecified atom stereocenters. The smallest absolute Gasteiger partial charge is 0.411 e. The molecule has 1 aromatic carbocycles. The van der Waals surface area contributed by atoms with Gasteiger partial charge in [-0.3, -0.25) is 9.08 Å². The van der Waals surface area contributed by atoms with Gasteiger partial charge in [-0.05, 0) is 52.7 Å². The maximum atomic E-state index is 12.5. The van der Waals surface area contributed by atoms with Crippen LogP contribution in [0.3, 0.4) is 0 Å². The lowest BCUT2D eigenvalue weighted by molar-refractivity contribution is 0.0140. The molecular weight excluding hydrogens is 354 g/mol. The van der Waals surface area contributed by atoms with Crippen LogP contribution in [0.25, 0.3) is 0 Å². The van der Waals surface area contributed by atoms with Gasteiger partial charge in [-0.15, -0.1) is 6.58 Å². The molecule has 0 N–H and O–H groups in total. The van der Waals surface area contributed by atoms with Gasteiger partial charge in [-0.2, -0.15) is 8.42 Å². The van der Waals surface area contributed by atoms with E-state index in [2.05, 4.69) is 6.58 Å². The van der Waals surface area contributed by atoms with E-state index in [0.717, 1.165) is 5.56 Å². The predicted octanol–water partition coefficient (Wildman–Crippen LogP) is 3.65. The lowest BCUT2D eigenvalue weighted by Crippen LogP contribution is -2.45. The molecule has 0 saturated carbocycles. The molecule has 1 aliphatic rings. The zero-order valence-corrected chi connectivity index (χ0v) is 16.6. The molecule has 6 nitrogen and oxygen atoms in total. The van der Waals surface area contributed by atoms with Gasteiger partial charge in [0.2, 0.25) is 0 Å². The molecule has 1 fully saturated rings. The molecule has 26 heavy (non-hydrogen) atoms. The van der Waals surface area contributed by atoms with Gasteiger partial charge in [-0.25, -0.2) is 4.79 Å². The average molecular weight is 381 g/mol. The lowest BCUT2D eigenvalue weighted by Gasteiger charge is -2.31. The molecule has 0 spiro atoms. The van der Waals surface area contributed by atoms with Crippen molar-refractivity contribution >= 4 is 16.2 Å². The van der Waals surface area contributed by atoms with Crippen molar-refractivity contribution in [3.05, 3.63) is 42.5 Å². The van der Waals surface area contributed by atoms with Crippen LogP contribution in [0.4, 0.5) is 4.79 Å². The fourth-order valence-electron chi connectivity index (χ4n) is 2.85. The van der Waals surface area contributed by atoms with Crippen molar-refractivity contribution in [2.24, 2.45) is 0 Å². The molecule has 2 rings (SSSR count). The number of likely N-dealkylation sites (tertiary alicyclic amines) is 1. The summed E-state index contributed by atoms with van der Waals surface area (Å²) in [5.41, 5.74) is 0.329. The van der Waals surface area contributed by atoms with Crippen LogP contribution in [-0.2, 0) is 19.0 Å². The number of nitrogens with zero attached hydrogens (tertiary/aromatic N) is 1. The van der Waals surface area contributed by atoms with Crippen LogP contribution in [0.2, 0.25) is 0 Å². The molecule has 1 saturated heterocycles. The van der Waals surface area contributed by atoms with Crippen LogP contribution < -0.4 is 0 Å². The van der Waals surface area contributed by atoms with E-state index in [1.54, 1.807) is 39.0 Å². The second-order valence-corrected chi connectivity index (χ2v) is 9.09. The topological polar surface area (TPSA) is 72.9 Å². The molecule has 7 heteroatoms. The molecule has 2 atom stereocenters. The third kappa shape index (κ3) is 5.08. The maximum absolute atomic E-state index is 12.5. The highest BCUT2D eigenvalue weighted by atomic mass is 32.2. The number of carbonyl (C=O) groups is 1. The van der Waals surface area contributed by atoms with E-state index < -0.39 is 21.8 Å². The Morgan fingerprint density at radius 3 is 2.42 bits per heavy atom. The van der Waals surface area contributed by atoms with Crippen LogP contribution in [0.15, 0.2) is 41.8 Å². The van der Waals surface area contributed by atoms with Gasteiger partial charge in [0.05, 0.1) is 23.6 Å². The normalized spacial score (nSPS) is 20.8. The second-order valence-electron chi connectivity index (χ2n) is 7.47. The number of hydrogen-bond donors (Lipinski definition) is 0. The lowest BCUT2D eigenvalue weighted by atomic mass is 10.2. The summed E-state index contributed by atoms with van der Waals surface area (Å²) >= 11 is 0. The van der Waals surface area contributed by atoms with Gasteiger partial charge in [0.25, 0.3) is 10.1 Å². The molecule has 0 radical (unpaired) electrons. The Morgan fingerprint density at radius 1 is 1.27 bits per heavy atom. The molecule has 0 aromatic heterocycles. The van der Waals surface area contributed by atoms with Crippen molar-refractivity contribution in [1.29, 1.82) is 0 Å². The summed E-state index contributed by atoms with van der Waals surface area (Å²) < 4.78 is 35.4. The Hall–Kier alpha value is -1.86. The summed E-state index contributed by atoms with van der Waals surface area (Å²) in [6.45, 7) is 10.9. The minimum atomic E-state index is -3.88. The molecule has 0 aliphatic carbocycles. The Kier molecular flexibility index (Phi) is 6.13. The number of rotatable bonds is 5. The zero-order valence-electron chi connectivity index (χ0n) is 15.8. The van der Waals surface area contributed by atoms with Crippen molar-refractivity contribution in [2.45, 2.75) is 63.1 Å². The highest BCUT2D eigenvalue weighted by molar-refractivity contribution is 7.86. The SMILES string of the molecule is C=CC1CCC(COS(=O)(=O)c2ccc(C)cc2)N1C(=O)OC(C)(C)C. The summed E-state index contributed by atoms with van der Waals surface area (Å²) in [6.07, 6.45) is 2.51. The Balaban J connectivity index is 2.10. The van der Waals surface area contributed by atoms with Crippen molar-refractivity contribution in [1.82, 2.24) is 4.90 Å². The summed E-state index contributed by atoms with van der Waals surface area (Å²) in [5, 5.41) is 0. The highest BCUT2D eigenvalue weighted by Gasteiger charge is 2.38. The number of carbonyl (C=O) groups excluding carboxylic acids is 1. The number of aryl methyl sites for hydroxylation is 1. The van der Waals surface area contributed by atoms with E-state index >= 15 is 0 Å². The largest absolute Gasteiger partial charge is 0.444 e. The summed E-state index contributed by atoms with van der Waals surface area (Å²) in [7, 11) is -3.88. The molecule has 0 bridgehead atoms. The molecule has 144 valence electrons. The first-order valence-corrected chi connectivity index (χ1v) is 10.0. The Bertz CT molecular complexity index is 749. The predicted molar refractivity (Wildman–Crippen MR) is 99.4 cm³/mol. The quantitative estimate of drug-likeness (QED) is 0.575. The summed E-state index contributed by atoms with van der Waals surface area (Å²) in [6, 6.07) is 5.88. The van der Waals surface area contributed by atoms with Crippen LogP contribution in [-0.4, -0.2) is 43.7 Å². The Morgan fingerprint density at radius 2 is 1.88 bits per heavy atom. The third-order valence-corrected chi connectivity index (χ3v) is 5.44. The first kappa shape index (κ1) is 20.5. The first-order chi connectivity index (χ1) is 12.0. The second kappa shape index (κ2) is 7.80. The van der Waals surface area contributed by atoms with Crippen LogP contribution >= 0.6 is 0 Å². The van der Waals surface area contributed by atoms with Gasteiger partial charge < -0.3 is 4.74 Å². The van der Waals surface area contributed by atoms with Crippen LogP contribution in [0.5, 0.6) is 0 Å². The molecule has 1 amide bonds. The van der Waals surface area contributed by atoms with Gasteiger partial charge in [0, 0.05) is 0 Å². The minimum Gasteiger partial charge on any atom is -0.444 e. The van der Waals surface area contributed by atoms with Crippen molar-refractivity contribution in [3.8, 4) is 0 Å². The van der Waals surface area contributed by atoms with E-state index in [4.69, 9.17) is 8.92 Å². The number of hydrogen-bond acceptors (Lipinski definition) is 5. The number of benzene rings is 1. The highest BCUT2D eigenvalue weighted by Crippen LogP contribution is 2.28. The standard InChI is InChI=1S/C19H27NO5S/c1-6-15-9-10-16(20(15)18(21)25-19(3,4)5)13-24-26(22,23)17-11-7-14(2)8-12-17/h6-8,11-12,15-16H,1,9-10,13H2,2-5H3. The van der Waals surface area contributed by atoms with E-state index in [1.807, 2.05) is 6.92 Å². The summed E-state index contributed by atoms with van der Waals surface area (Å²) in [4.78, 5) is 14.2. The first-order valence-electron chi connectivity index (χ1n) is 8.63. The fraction of sp³-hybridized carbons (Fsp3) is 0.526. The van der Waals surface area contributed by atoms with E-state index in [-0.39, 0.29) is 23.6 Å². The minimum absolute atomic E-state index is 0.102. The van der Waals surface area contributed by atoms with Crippen LogP contribution in [0.1, 0.15) is 39.2 Å². The van der Waals surface area contributed by atoms with E-state index in [1.165, 1.54) is 17.0 Å². The fourth-order valence-corrected chi connectivity index (χ4v) is 3.79. The van der Waals surface area contributed by atoms with Crippen LogP contribution in [0, 0.1) is 6.92 Å². The maximum Gasteiger partial charge on any atom is 0.411 e. The van der Waals surface area contributed by atoms with Gasteiger partial charge in [-0.1, -0.05) is 23.8 Å². The van der Waals surface area contributed by atoms with Gasteiger partial charge in [0.15, 0.2) is 0 Å². The number of ether oxygens (including phenoxy) is 1. The van der Waals surface area contributed by atoms with Crippen molar-refractivity contribution in [3.63, 3.8) is 0 Å². The van der Waals surface area contributed by atoms with Gasteiger partial charge in [0.1, 0.15) is 5.60 Å². The molecule has 1 heterocycles. The van der Waals surface area contributed by atoms with E-state index in [9.17, 15) is 13.2 Å². The average Bonchev–Trinajstić information content (AvgIpc) is 2.95. The molecule has 1 aliphatic heterocycles. The van der Waals surface area contributed by atoms with Crippen molar-refractivity contribution in [2.75, 3.05) is 6.61 Å². The monoisotopic (exact) mass is 381 g/mol. The van der Waals surface area contributed by atoms with Gasteiger partial charge >= 0.3 is 6.09 Å². The third-order valence-electron chi connectivity index (χ3n) is 4.15. The molecular formula is C19H27NO5S. The zero-order chi connectivity index (χ0) is 19.5.